The minimum Gasteiger partial charge on any atom is -0.339 e. The third kappa shape index (κ3) is 4.05. The Bertz CT molecular complexity index is 948. The first-order chi connectivity index (χ1) is 12.4. The Balaban J connectivity index is 1.63. The van der Waals surface area contributed by atoms with Crippen molar-refractivity contribution in [3.63, 3.8) is 0 Å². The van der Waals surface area contributed by atoms with Gasteiger partial charge in [0.1, 0.15) is 6.54 Å². The van der Waals surface area contributed by atoms with E-state index in [4.69, 9.17) is 0 Å². The molecule has 1 aliphatic heterocycles. The van der Waals surface area contributed by atoms with E-state index in [0.717, 1.165) is 4.47 Å². The topological polar surface area (TPSA) is 79.7 Å². The molecule has 0 spiro atoms. The van der Waals surface area contributed by atoms with Gasteiger partial charge in [0.2, 0.25) is 15.9 Å². The highest BCUT2D eigenvalue weighted by atomic mass is 79.9. The highest BCUT2D eigenvalue weighted by molar-refractivity contribution is 9.10. The van der Waals surface area contributed by atoms with E-state index in [9.17, 15) is 18.0 Å². The van der Waals surface area contributed by atoms with Crippen molar-refractivity contribution in [3.8, 4) is 0 Å². The van der Waals surface area contributed by atoms with Crippen molar-refractivity contribution in [1.29, 1.82) is 0 Å². The van der Waals surface area contributed by atoms with E-state index in [1.807, 2.05) is 0 Å². The number of piperazine rings is 1. The summed E-state index contributed by atoms with van der Waals surface area (Å²) in [6.07, 6.45) is 1.56. The third-order valence-corrected chi connectivity index (χ3v) is 6.69. The van der Waals surface area contributed by atoms with Gasteiger partial charge < -0.3 is 9.47 Å². The molecule has 0 aliphatic carbocycles. The lowest BCUT2D eigenvalue weighted by Gasteiger charge is -2.34. The number of halogens is 1. The Labute approximate surface area is 160 Å². The lowest BCUT2D eigenvalue weighted by molar-refractivity contribution is -0.133. The first-order valence-electron chi connectivity index (χ1n) is 8.07. The number of sulfonamides is 1. The second-order valence-corrected chi connectivity index (χ2v) is 8.76. The summed E-state index contributed by atoms with van der Waals surface area (Å²) in [5.74, 6) is -0.195. The second kappa shape index (κ2) is 7.73. The molecule has 0 saturated carbocycles. The first kappa shape index (κ1) is 18.8. The Hall–Kier alpha value is -1.97. The maximum absolute atomic E-state index is 12.7. The quantitative estimate of drug-likeness (QED) is 0.715. The van der Waals surface area contributed by atoms with Crippen molar-refractivity contribution in [2.75, 3.05) is 26.2 Å². The number of amides is 1. The van der Waals surface area contributed by atoms with Crippen molar-refractivity contribution >= 4 is 31.9 Å². The molecule has 26 heavy (non-hydrogen) atoms. The van der Waals surface area contributed by atoms with Crippen LogP contribution in [0.2, 0.25) is 0 Å². The zero-order valence-electron chi connectivity index (χ0n) is 13.9. The zero-order valence-corrected chi connectivity index (χ0v) is 16.3. The molecule has 2 heterocycles. The van der Waals surface area contributed by atoms with Crippen molar-refractivity contribution in [2.45, 2.75) is 11.4 Å². The van der Waals surface area contributed by atoms with E-state index >= 15 is 0 Å². The predicted octanol–water partition coefficient (Wildman–Crippen LogP) is 1.14. The van der Waals surface area contributed by atoms with Crippen LogP contribution in [0.1, 0.15) is 0 Å². The molecule has 138 valence electrons. The standard InChI is InChI=1S/C17H18BrN3O4S/c18-14-4-6-15(7-5-14)26(24,25)21-11-9-19(10-12-21)17(23)13-20-8-2-1-3-16(20)22/h1-8H,9-13H2. The molecule has 2 aromatic rings. The summed E-state index contributed by atoms with van der Waals surface area (Å²) in [5.41, 5.74) is -0.239. The van der Waals surface area contributed by atoms with Gasteiger partial charge in [0.15, 0.2) is 0 Å². The molecule has 1 aromatic heterocycles. The number of nitrogens with zero attached hydrogens (tertiary/aromatic N) is 3. The van der Waals surface area contributed by atoms with E-state index in [1.54, 1.807) is 47.5 Å². The molecule has 1 amide bonds. The molecular weight excluding hydrogens is 422 g/mol. The van der Waals surface area contributed by atoms with Crippen LogP contribution in [0.4, 0.5) is 0 Å². The molecule has 0 N–H and O–H groups in total. The molecule has 9 heteroatoms. The van der Waals surface area contributed by atoms with E-state index < -0.39 is 10.0 Å². The van der Waals surface area contributed by atoms with Gasteiger partial charge >= 0.3 is 0 Å². The fourth-order valence-electron chi connectivity index (χ4n) is 2.77. The first-order valence-corrected chi connectivity index (χ1v) is 10.3. The molecule has 1 aromatic carbocycles. The van der Waals surface area contributed by atoms with Gasteiger partial charge in [-0.25, -0.2) is 8.42 Å². The molecular formula is C17H18BrN3O4S. The molecule has 1 aliphatic rings. The zero-order chi connectivity index (χ0) is 18.7. The van der Waals surface area contributed by atoms with E-state index in [2.05, 4.69) is 15.9 Å². The van der Waals surface area contributed by atoms with E-state index in [-0.39, 0.29) is 36.0 Å². The number of hydrogen-bond donors (Lipinski definition) is 0. The monoisotopic (exact) mass is 439 g/mol. The van der Waals surface area contributed by atoms with Crippen molar-refractivity contribution in [2.24, 2.45) is 0 Å². The van der Waals surface area contributed by atoms with Crippen molar-refractivity contribution < 1.29 is 13.2 Å². The van der Waals surface area contributed by atoms with Crippen LogP contribution in [-0.2, 0) is 21.4 Å². The smallest absolute Gasteiger partial charge is 0.250 e. The number of hydrogen-bond acceptors (Lipinski definition) is 4. The highest BCUT2D eigenvalue weighted by Gasteiger charge is 2.30. The third-order valence-electron chi connectivity index (χ3n) is 4.25. The van der Waals surface area contributed by atoms with Crippen molar-refractivity contribution in [3.05, 3.63) is 63.5 Å². The van der Waals surface area contributed by atoms with E-state index in [0.29, 0.717) is 13.1 Å². The van der Waals surface area contributed by atoms with Crippen molar-refractivity contribution in [1.82, 2.24) is 13.8 Å². The minimum atomic E-state index is -3.57. The Morgan fingerprint density at radius 3 is 2.27 bits per heavy atom. The van der Waals surface area contributed by atoms with Gasteiger partial charge in [0, 0.05) is 42.9 Å². The maximum Gasteiger partial charge on any atom is 0.250 e. The second-order valence-electron chi connectivity index (χ2n) is 5.91. The molecule has 1 fully saturated rings. The number of carbonyl (C=O) groups excluding carboxylic acids is 1. The normalized spacial score (nSPS) is 15.8. The van der Waals surface area contributed by atoms with Gasteiger partial charge in [0.05, 0.1) is 4.90 Å². The van der Waals surface area contributed by atoms with Crippen LogP contribution in [-0.4, -0.2) is 54.3 Å². The lowest BCUT2D eigenvalue weighted by Crippen LogP contribution is -2.51. The van der Waals surface area contributed by atoms with Crippen LogP contribution >= 0.6 is 15.9 Å². The number of carbonyl (C=O) groups is 1. The van der Waals surface area contributed by atoms with E-state index in [1.165, 1.54) is 14.9 Å². The minimum absolute atomic E-state index is 0.0425. The lowest BCUT2D eigenvalue weighted by atomic mass is 10.3. The Morgan fingerprint density at radius 1 is 1.00 bits per heavy atom. The van der Waals surface area contributed by atoms with Crippen LogP contribution in [0.5, 0.6) is 0 Å². The number of rotatable bonds is 4. The summed E-state index contributed by atoms with van der Waals surface area (Å²) in [5, 5.41) is 0. The van der Waals surface area contributed by atoms with Gasteiger partial charge in [-0.3, -0.25) is 9.59 Å². The molecule has 1 saturated heterocycles. The average Bonchev–Trinajstić information content (AvgIpc) is 2.64. The summed E-state index contributed by atoms with van der Waals surface area (Å²) in [6.45, 7) is 1.02. The van der Waals surface area contributed by atoms with Crippen LogP contribution < -0.4 is 5.56 Å². The Kier molecular flexibility index (Phi) is 5.59. The highest BCUT2D eigenvalue weighted by Crippen LogP contribution is 2.20. The molecule has 0 radical (unpaired) electrons. The summed E-state index contributed by atoms with van der Waals surface area (Å²) in [6, 6.07) is 11.2. The fourth-order valence-corrected chi connectivity index (χ4v) is 4.46. The maximum atomic E-state index is 12.7. The summed E-state index contributed by atoms with van der Waals surface area (Å²) in [7, 11) is -3.57. The number of pyridine rings is 1. The number of aromatic nitrogens is 1. The summed E-state index contributed by atoms with van der Waals surface area (Å²) >= 11 is 3.29. The van der Waals surface area contributed by atoms with Gasteiger partial charge in [-0.1, -0.05) is 22.0 Å². The number of benzene rings is 1. The molecule has 0 unspecified atom stereocenters. The van der Waals surface area contributed by atoms with Gasteiger partial charge in [-0.05, 0) is 30.3 Å². The summed E-state index contributed by atoms with van der Waals surface area (Å²) < 4.78 is 28.9. The fraction of sp³-hybridized carbons (Fsp3) is 0.294. The van der Waals surface area contributed by atoms with Crippen LogP contribution in [0.15, 0.2) is 62.8 Å². The molecule has 3 rings (SSSR count). The van der Waals surface area contributed by atoms with Gasteiger partial charge in [-0.15, -0.1) is 0 Å². The van der Waals surface area contributed by atoms with Crippen LogP contribution in [0.25, 0.3) is 0 Å². The Morgan fingerprint density at radius 2 is 1.65 bits per heavy atom. The molecule has 0 atom stereocenters. The predicted molar refractivity (Wildman–Crippen MR) is 100 cm³/mol. The molecule has 0 bridgehead atoms. The SMILES string of the molecule is O=C(Cn1ccccc1=O)N1CCN(S(=O)(=O)c2ccc(Br)cc2)CC1. The summed E-state index contributed by atoms with van der Waals surface area (Å²) in [4.78, 5) is 25.9. The largest absolute Gasteiger partial charge is 0.339 e. The van der Waals surface area contributed by atoms with Crippen LogP contribution in [0.3, 0.4) is 0 Å². The van der Waals surface area contributed by atoms with Gasteiger partial charge in [0.25, 0.3) is 5.56 Å². The molecule has 7 nitrogen and oxygen atoms in total. The van der Waals surface area contributed by atoms with Crippen LogP contribution in [0, 0.1) is 0 Å². The van der Waals surface area contributed by atoms with Gasteiger partial charge in [-0.2, -0.15) is 4.31 Å². The average molecular weight is 440 g/mol.